The van der Waals surface area contributed by atoms with E-state index in [0.717, 1.165) is 48.7 Å². The number of hydrogen-bond donors (Lipinski definition) is 0. The molecule has 0 saturated carbocycles. The summed E-state index contributed by atoms with van der Waals surface area (Å²) in [6, 6.07) is 15.5. The molecule has 2 aromatic rings. The van der Waals surface area contributed by atoms with E-state index in [4.69, 9.17) is 4.74 Å². The van der Waals surface area contributed by atoms with E-state index in [0.29, 0.717) is 24.0 Å². The number of piperidine rings is 2. The van der Waals surface area contributed by atoms with E-state index in [2.05, 4.69) is 11.8 Å². The number of sulfonamides is 1. The molecule has 0 aromatic heterocycles. The summed E-state index contributed by atoms with van der Waals surface area (Å²) in [5.74, 6) is 1.60. The summed E-state index contributed by atoms with van der Waals surface area (Å²) in [5, 5.41) is 0. The lowest BCUT2D eigenvalue weighted by atomic mass is 9.95. The Morgan fingerprint density at radius 2 is 1.50 bits per heavy atom. The summed E-state index contributed by atoms with van der Waals surface area (Å²) in [5.41, 5.74) is 1.91. The van der Waals surface area contributed by atoms with E-state index in [1.54, 1.807) is 23.5 Å². The molecule has 0 aliphatic carbocycles. The lowest BCUT2D eigenvalue weighted by Crippen LogP contribution is -2.48. The molecule has 2 aliphatic rings. The van der Waals surface area contributed by atoms with Gasteiger partial charge in [0.1, 0.15) is 5.75 Å². The highest BCUT2D eigenvalue weighted by atomic mass is 32.2. The number of methoxy groups -OCH3 is 1. The van der Waals surface area contributed by atoms with Crippen molar-refractivity contribution in [3.63, 3.8) is 0 Å². The van der Waals surface area contributed by atoms with Gasteiger partial charge in [-0.1, -0.05) is 37.3 Å². The van der Waals surface area contributed by atoms with Crippen molar-refractivity contribution in [1.82, 2.24) is 9.21 Å². The Labute approximate surface area is 180 Å². The second-order valence-corrected chi connectivity index (χ2v) is 10.5. The Kier molecular flexibility index (Phi) is 6.46. The molecule has 2 aromatic carbocycles. The molecule has 5 nitrogen and oxygen atoms in total. The summed E-state index contributed by atoms with van der Waals surface area (Å²) in [6.45, 7) is 5.85. The summed E-state index contributed by atoms with van der Waals surface area (Å²) in [6.07, 6.45) is 4.37. The molecule has 0 radical (unpaired) electrons. The van der Waals surface area contributed by atoms with E-state index in [9.17, 15) is 8.42 Å². The van der Waals surface area contributed by atoms with Gasteiger partial charge in [0.15, 0.2) is 0 Å². The molecule has 0 unspecified atom stereocenters. The Bertz CT molecular complexity index is 943. The van der Waals surface area contributed by atoms with Gasteiger partial charge in [0.2, 0.25) is 10.0 Å². The average molecular weight is 429 g/mol. The molecule has 2 fully saturated rings. The van der Waals surface area contributed by atoms with Gasteiger partial charge in [-0.3, -0.25) is 0 Å². The van der Waals surface area contributed by atoms with Gasteiger partial charge < -0.3 is 9.64 Å². The van der Waals surface area contributed by atoms with Gasteiger partial charge in [-0.15, -0.1) is 0 Å². The van der Waals surface area contributed by atoms with Gasteiger partial charge in [0.25, 0.3) is 0 Å². The van der Waals surface area contributed by atoms with Crippen LogP contribution in [-0.4, -0.2) is 57.0 Å². The lowest BCUT2D eigenvalue weighted by Gasteiger charge is -2.41. The van der Waals surface area contributed by atoms with Gasteiger partial charge >= 0.3 is 0 Å². The van der Waals surface area contributed by atoms with E-state index in [1.165, 1.54) is 12.8 Å². The molecule has 0 atom stereocenters. The van der Waals surface area contributed by atoms with Crippen LogP contribution in [0.4, 0.5) is 0 Å². The summed E-state index contributed by atoms with van der Waals surface area (Å²) in [7, 11) is -1.81. The molecule has 2 heterocycles. The van der Waals surface area contributed by atoms with Gasteiger partial charge in [-0.25, -0.2) is 8.42 Å². The van der Waals surface area contributed by atoms with Crippen molar-refractivity contribution in [2.75, 3.05) is 33.3 Å². The molecule has 6 heteroatoms. The Hall–Kier alpha value is -1.89. The van der Waals surface area contributed by atoms with Gasteiger partial charge in [0, 0.05) is 24.7 Å². The third-order valence-corrected chi connectivity index (χ3v) is 8.58. The van der Waals surface area contributed by atoms with Crippen LogP contribution >= 0.6 is 0 Å². The third-order valence-electron chi connectivity index (χ3n) is 6.67. The zero-order valence-electron chi connectivity index (χ0n) is 18.0. The topological polar surface area (TPSA) is 49.9 Å². The number of likely N-dealkylation sites (tertiary alicyclic amines) is 1. The highest BCUT2D eigenvalue weighted by molar-refractivity contribution is 7.89. The number of rotatable bonds is 5. The van der Waals surface area contributed by atoms with Crippen LogP contribution in [-0.2, 0) is 10.0 Å². The molecular formula is C24H32N2O3S. The molecule has 0 amide bonds. The molecule has 2 aliphatic heterocycles. The number of para-hydroxylation sites is 1. The molecule has 30 heavy (non-hydrogen) atoms. The largest absolute Gasteiger partial charge is 0.496 e. The van der Waals surface area contributed by atoms with Crippen molar-refractivity contribution >= 4 is 10.0 Å². The Morgan fingerprint density at radius 3 is 2.13 bits per heavy atom. The van der Waals surface area contributed by atoms with Crippen molar-refractivity contribution < 1.29 is 13.2 Å². The van der Waals surface area contributed by atoms with Crippen LogP contribution in [0, 0.1) is 5.92 Å². The fraction of sp³-hybridized carbons (Fsp3) is 0.500. The van der Waals surface area contributed by atoms with Crippen LogP contribution in [0.3, 0.4) is 0 Å². The highest BCUT2D eigenvalue weighted by Crippen LogP contribution is 2.31. The van der Waals surface area contributed by atoms with Crippen LogP contribution in [0.2, 0.25) is 0 Å². The van der Waals surface area contributed by atoms with Crippen LogP contribution < -0.4 is 4.74 Å². The first-order valence-corrected chi connectivity index (χ1v) is 12.4. The summed E-state index contributed by atoms with van der Waals surface area (Å²) >= 11 is 0. The zero-order valence-corrected chi connectivity index (χ0v) is 18.8. The molecule has 0 bridgehead atoms. The average Bonchev–Trinajstić information content (AvgIpc) is 2.80. The van der Waals surface area contributed by atoms with E-state index in [-0.39, 0.29) is 0 Å². The van der Waals surface area contributed by atoms with Gasteiger partial charge in [-0.05, 0) is 68.5 Å². The molecule has 162 valence electrons. The Balaban J connectivity index is 1.43. The van der Waals surface area contributed by atoms with Crippen molar-refractivity contribution in [1.29, 1.82) is 0 Å². The molecule has 4 rings (SSSR count). The van der Waals surface area contributed by atoms with E-state index < -0.39 is 10.0 Å². The second kappa shape index (κ2) is 9.08. The van der Waals surface area contributed by atoms with Crippen molar-refractivity contribution in [2.45, 2.75) is 43.5 Å². The maximum Gasteiger partial charge on any atom is 0.243 e. The second-order valence-electron chi connectivity index (χ2n) is 8.58. The Morgan fingerprint density at radius 1 is 0.867 bits per heavy atom. The minimum absolute atomic E-state index is 0.367. The van der Waals surface area contributed by atoms with Crippen molar-refractivity contribution in [2.24, 2.45) is 5.92 Å². The first-order chi connectivity index (χ1) is 14.5. The number of benzene rings is 2. The summed E-state index contributed by atoms with van der Waals surface area (Å²) in [4.78, 5) is 2.94. The number of ether oxygens (including phenoxy) is 1. The monoisotopic (exact) mass is 428 g/mol. The maximum atomic E-state index is 13.2. The predicted octanol–water partition coefficient (Wildman–Crippen LogP) is 4.25. The van der Waals surface area contributed by atoms with Crippen molar-refractivity contribution in [3.05, 3.63) is 48.5 Å². The van der Waals surface area contributed by atoms with E-state index >= 15 is 0 Å². The third kappa shape index (κ3) is 4.41. The zero-order chi connectivity index (χ0) is 21.1. The molecule has 0 spiro atoms. The number of nitrogens with zero attached hydrogens (tertiary/aromatic N) is 2. The minimum Gasteiger partial charge on any atom is -0.496 e. The fourth-order valence-electron chi connectivity index (χ4n) is 4.68. The quantitative estimate of drug-likeness (QED) is 0.715. The van der Waals surface area contributed by atoms with E-state index in [1.807, 2.05) is 36.4 Å². The molecule has 2 saturated heterocycles. The standard InChI is InChI=1S/C24H32N2O3S/c1-19-11-15-25(16-12-19)21-13-17-26(18-14-21)30(27,28)22-9-7-20(8-10-22)23-5-3-4-6-24(23)29-2/h3-10,19,21H,11-18H2,1-2H3. The van der Waals surface area contributed by atoms with Crippen LogP contribution in [0.1, 0.15) is 32.6 Å². The van der Waals surface area contributed by atoms with Crippen LogP contribution in [0.25, 0.3) is 11.1 Å². The van der Waals surface area contributed by atoms with Crippen molar-refractivity contribution in [3.8, 4) is 16.9 Å². The number of hydrogen-bond acceptors (Lipinski definition) is 4. The minimum atomic E-state index is -3.46. The SMILES string of the molecule is COc1ccccc1-c1ccc(S(=O)(=O)N2CCC(N3CCC(C)CC3)CC2)cc1. The van der Waals surface area contributed by atoms with Crippen LogP contribution in [0.5, 0.6) is 5.75 Å². The molecule has 0 N–H and O–H groups in total. The maximum absolute atomic E-state index is 13.2. The van der Waals surface area contributed by atoms with Gasteiger partial charge in [0.05, 0.1) is 12.0 Å². The first kappa shape index (κ1) is 21.3. The molecular weight excluding hydrogens is 396 g/mol. The lowest BCUT2D eigenvalue weighted by molar-refractivity contribution is 0.101. The predicted molar refractivity (Wildman–Crippen MR) is 120 cm³/mol. The first-order valence-electron chi connectivity index (χ1n) is 11.0. The fourth-order valence-corrected chi connectivity index (χ4v) is 6.15. The smallest absolute Gasteiger partial charge is 0.243 e. The van der Waals surface area contributed by atoms with Gasteiger partial charge in [-0.2, -0.15) is 4.31 Å². The normalized spacial score (nSPS) is 20.3. The highest BCUT2D eigenvalue weighted by Gasteiger charge is 2.32. The summed E-state index contributed by atoms with van der Waals surface area (Å²) < 4.78 is 33.4. The van der Waals surface area contributed by atoms with Crippen LogP contribution in [0.15, 0.2) is 53.4 Å².